The summed E-state index contributed by atoms with van der Waals surface area (Å²) >= 11 is 4.79. The maximum Gasteiger partial charge on any atom is 0.316 e. The highest BCUT2D eigenvalue weighted by molar-refractivity contribution is 9.10. The maximum absolute atomic E-state index is 12.0. The molecule has 8 nitrogen and oxygen atoms in total. The first-order valence-electron chi connectivity index (χ1n) is 8.38. The van der Waals surface area contributed by atoms with E-state index in [0.29, 0.717) is 0 Å². The number of nitrogens with zero attached hydrogens (tertiary/aromatic N) is 1. The monoisotopic (exact) mass is 482 g/mol. The number of carbonyl (C=O) groups is 2. The number of methoxy groups -OCH3 is 1. The average Bonchev–Trinajstić information content (AvgIpc) is 2.68. The Labute approximate surface area is 180 Å². The molecule has 0 spiro atoms. The number of thioether (sulfide) groups is 1. The van der Waals surface area contributed by atoms with Crippen LogP contribution in [-0.2, 0) is 14.3 Å². The van der Waals surface area contributed by atoms with Crippen LogP contribution in [0, 0.1) is 24.0 Å². The molecule has 154 valence electrons. The second kappa shape index (κ2) is 10.3. The third kappa shape index (κ3) is 6.47. The molecule has 0 saturated heterocycles. The molecule has 0 aromatic heterocycles. The highest BCUT2D eigenvalue weighted by Gasteiger charge is 2.15. The highest BCUT2D eigenvalue weighted by atomic mass is 79.9. The van der Waals surface area contributed by atoms with E-state index in [2.05, 4.69) is 21.2 Å². The Balaban J connectivity index is 1.87. The lowest BCUT2D eigenvalue weighted by Gasteiger charge is -2.11. The summed E-state index contributed by atoms with van der Waals surface area (Å²) in [4.78, 5) is 35.2. The van der Waals surface area contributed by atoms with Crippen molar-refractivity contribution >= 4 is 50.9 Å². The molecule has 29 heavy (non-hydrogen) atoms. The number of rotatable bonds is 8. The van der Waals surface area contributed by atoms with Crippen molar-refractivity contribution in [2.24, 2.45) is 0 Å². The van der Waals surface area contributed by atoms with Crippen LogP contribution >= 0.6 is 27.7 Å². The number of esters is 1. The standard InChI is InChI=1S/C19H19BrN2O6S/c1-11-7-17(12(2)6-14(11)20)29-10-19(24)28-9-18(23)21-15-5-4-13(22(25)26)8-16(15)27-3/h4-8H,9-10H2,1-3H3,(H,21,23). The molecule has 0 aliphatic heterocycles. The smallest absolute Gasteiger partial charge is 0.316 e. The molecular formula is C19H19BrN2O6S. The number of ether oxygens (including phenoxy) is 2. The van der Waals surface area contributed by atoms with Crippen molar-refractivity contribution in [3.05, 3.63) is 56.0 Å². The second-order valence-corrected chi connectivity index (χ2v) is 7.88. The van der Waals surface area contributed by atoms with Gasteiger partial charge in [-0.3, -0.25) is 19.7 Å². The van der Waals surface area contributed by atoms with Crippen LogP contribution in [0.1, 0.15) is 11.1 Å². The summed E-state index contributed by atoms with van der Waals surface area (Å²) in [7, 11) is 1.33. The summed E-state index contributed by atoms with van der Waals surface area (Å²) in [6, 6.07) is 7.74. The first-order valence-corrected chi connectivity index (χ1v) is 10.2. The van der Waals surface area contributed by atoms with Gasteiger partial charge in [-0.1, -0.05) is 15.9 Å². The molecule has 0 saturated carbocycles. The quantitative estimate of drug-likeness (QED) is 0.259. The van der Waals surface area contributed by atoms with Crippen LogP contribution < -0.4 is 10.1 Å². The SMILES string of the molecule is COc1cc([N+](=O)[O-])ccc1NC(=O)COC(=O)CSc1cc(C)c(Br)cc1C. The molecule has 2 aromatic carbocycles. The number of nitro benzene ring substituents is 1. The Morgan fingerprint density at radius 2 is 1.93 bits per heavy atom. The van der Waals surface area contributed by atoms with Crippen LogP contribution in [0.2, 0.25) is 0 Å². The zero-order valence-corrected chi connectivity index (χ0v) is 18.4. The third-order valence-corrected chi connectivity index (χ3v) is 5.82. The van der Waals surface area contributed by atoms with Gasteiger partial charge in [0.25, 0.3) is 11.6 Å². The molecule has 0 unspecified atom stereocenters. The molecule has 0 atom stereocenters. The van der Waals surface area contributed by atoms with Gasteiger partial charge in [0, 0.05) is 15.4 Å². The molecule has 0 aliphatic rings. The predicted octanol–water partition coefficient (Wildman–Crippen LogP) is 4.26. The molecule has 10 heteroatoms. The van der Waals surface area contributed by atoms with Crippen LogP contribution in [-0.4, -0.2) is 36.3 Å². The minimum Gasteiger partial charge on any atom is -0.494 e. The van der Waals surface area contributed by atoms with Crippen molar-refractivity contribution in [3.63, 3.8) is 0 Å². The van der Waals surface area contributed by atoms with E-state index < -0.39 is 23.4 Å². The second-order valence-electron chi connectivity index (χ2n) is 6.01. The van der Waals surface area contributed by atoms with Gasteiger partial charge < -0.3 is 14.8 Å². The molecule has 0 bridgehead atoms. The summed E-state index contributed by atoms with van der Waals surface area (Å²) in [5.74, 6) is -0.904. The van der Waals surface area contributed by atoms with E-state index in [0.717, 1.165) is 20.5 Å². The van der Waals surface area contributed by atoms with Gasteiger partial charge in [0.1, 0.15) is 5.75 Å². The summed E-state index contributed by atoms with van der Waals surface area (Å²) in [5, 5.41) is 13.3. The van der Waals surface area contributed by atoms with Crippen LogP contribution in [0.3, 0.4) is 0 Å². The van der Waals surface area contributed by atoms with Crippen molar-refractivity contribution in [1.29, 1.82) is 0 Å². The molecule has 0 fully saturated rings. The van der Waals surface area contributed by atoms with Gasteiger partial charge in [-0.25, -0.2) is 0 Å². The fourth-order valence-corrected chi connectivity index (χ4v) is 3.68. The minimum absolute atomic E-state index is 0.0655. The Morgan fingerprint density at radius 3 is 2.59 bits per heavy atom. The minimum atomic E-state index is -0.578. The fourth-order valence-electron chi connectivity index (χ4n) is 2.32. The lowest BCUT2D eigenvalue weighted by Crippen LogP contribution is -2.22. The number of benzene rings is 2. The summed E-state index contributed by atoms with van der Waals surface area (Å²) < 4.78 is 11.0. The van der Waals surface area contributed by atoms with E-state index in [4.69, 9.17) is 9.47 Å². The Morgan fingerprint density at radius 1 is 1.21 bits per heavy atom. The van der Waals surface area contributed by atoms with Crippen molar-refractivity contribution in [2.45, 2.75) is 18.7 Å². The molecular weight excluding hydrogens is 464 g/mol. The first kappa shape index (κ1) is 22.7. The van der Waals surface area contributed by atoms with E-state index in [9.17, 15) is 19.7 Å². The molecule has 1 amide bonds. The van der Waals surface area contributed by atoms with Gasteiger partial charge in [0.05, 0.1) is 29.5 Å². The highest BCUT2D eigenvalue weighted by Crippen LogP contribution is 2.29. The van der Waals surface area contributed by atoms with Gasteiger partial charge in [0.2, 0.25) is 0 Å². The lowest BCUT2D eigenvalue weighted by molar-refractivity contribution is -0.384. The molecule has 0 heterocycles. The Bertz CT molecular complexity index is 951. The van der Waals surface area contributed by atoms with Gasteiger partial charge in [0.15, 0.2) is 6.61 Å². The molecule has 1 N–H and O–H groups in total. The number of nitro groups is 1. The predicted molar refractivity (Wildman–Crippen MR) is 114 cm³/mol. The zero-order chi connectivity index (χ0) is 21.6. The molecule has 0 radical (unpaired) electrons. The van der Waals surface area contributed by atoms with Gasteiger partial charge in [-0.05, 0) is 43.2 Å². The first-order chi connectivity index (χ1) is 13.7. The fraction of sp³-hybridized carbons (Fsp3) is 0.263. The van der Waals surface area contributed by atoms with E-state index in [1.165, 1.54) is 37.1 Å². The molecule has 2 rings (SSSR count). The van der Waals surface area contributed by atoms with E-state index in [-0.39, 0.29) is 22.9 Å². The topological polar surface area (TPSA) is 108 Å². The zero-order valence-electron chi connectivity index (χ0n) is 16.0. The summed E-state index contributed by atoms with van der Waals surface area (Å²) in [6.07, 6.45) is 0. The summed E-state index contributed by atoms with van der Waals surface area (Å²) in [6.45, 7) is 3.43. The number of carbonyl (C=O) groups excluding carboxylic acids is 2. The van der Waals surface area contributed by atoms with E-state index in [1.54, 1.807) is 0 Å². The summed E-state index contributed by atoms with van der Waals surface area (Å²) in [5.41, 5.74) is 2.17. The van der Waals surface area contributed by atoms with Crippen LogP contribution in [0.15, 0.2) is 39.7 Å². The lowest BCUT2D eigenvalue weighted by atomic mass is 10.2. The number of hydrogen-bond donors (Lipinski definition) is 1. The number of hydrogen-bond acceptors (Lipinski definition) is 7. The average molecular weight is 483 g/mol. The van der Waals surface area contributed by atoms with Crippen LogP contribution in [0.25, 0.3) is 0 Å². The van der Waals surface area contributed by atoms with Crippen molar-refractivity contribution in [2.75, 3.05) is 24.8 Å². The normalized spacial score (nSPS) is 10.3. The molecule has 2 aromatic rings. The number of non-ortho nitro benzene ring substituents is 1. The van der Waals surface area contributed by atoms with Crippen molar-refractivity contribution < 1.29 is 24.0 Å². The van der Waals surface area contributed by atoms with E-state index >= 15 is 0 Å². The van der Waals surface area contributed by atoms with Crippen LogP contribution in [0.4, 0.5) is 11.4 Å². The van der Waals surface area contributed by atoms with Crippen molar-refractivity contribution in [3.8, 4) is 5.75 Å². The number of amides is 1. The number of anilines is 1. The Hall–Kier alpha value is -2.59. The molecule has 0 aliphatic carbocycles. The van der Waals surface area contributed by atoms with Gasteiger partial charge in [-0.2, -0.15) is 0 Å². The van der Waals surface area contributed by atoms with Gasteiger partial charge >= 0.3 is 5.97 Å². The third-order valence-electron chi connectivity index (χ3n) is 3.84. The maximum atomic E-state index is 12.0. The number of nitrogens with one attached hydrogen (secondary N) is 1. The number of aryl methyl sites for hydroxylation is 2. The number of halogens is 1. The van der Waals surface area contributed by atoms with Crippen LogP contribution in [0.5, 0.6) is 5.75 Å². The largest absolute Gasteiger partial charge is 0.494 e. The van der Waals surface area contributed by atoms with Crippen molar-refractivity contribution in [1.82, 2.24) is 0 Å². The van der Waals surface area contributed by atoms with Gasteiger partial charge in [-0.15, -0.1) is 11.8 Å². The Kier molecular flexibility index (Phi) is 8.03. The van der Waals surface area contributed by atoms with E-state index in [1.807, 2.05) is 26.0 Å².